The number of nitrogens with zero attached hydrogens (tertiary/aromatic N) is 2. The third kappa shape index (κ3) is 4.46. The average molecular weight is 302 g/mol. The van der Waals surface area contributed by atoms with Crippen molar-refractivity contribution in [3.8, 4) is 0 Å². The van der Waals surface area contributed by atoms with Gasteiger partial charge in [0.25, 0.3) is 5.69 Å². The molecule has 1 aromatic carbocycles. The maximum Gasteiger partial charge on any atom is 0.292 e. The zero-order chi connectivity index (χ0) is 15.5. The molecule has 0 radical (unpaired) electrons. The summed E-state index contributed by atoms with van der Waals surface area (Å²) >= 11 is 0. The second-order valence-electron chi connectivity index (χ2n) is 4.73. The number of hydrogen-bond donors (Lipinski definition) is 1. The summed E-state index contributed by atoms with van der Waals surface area (Å²) in [6, 6.07) is 4.41. The van der Waals surface area contributed by atoms with Crippen LogP contribution >= 0.6 is 0 Å². The van der Waals surface area contributed by atoms with E-state index in [0.717, 1.165) is 6.26 Å². The number of aliphatic hydroxyl groups is 1. The van der Waals surface area contributed by atoms with Gasteiger partial charge in [-0.15, -0.1) is 0 Å². The quantitative estimate of drug-likeness (QED) is 0.624. The van der Waals surface area contributed by atoms with E-state index in [1.165, 1.54) is 24.0 Å². The highest BCUT2D eigenvalue weighted by atomic mass is 32.2. The van der Waals surface area contributed by atoms with Crippen molar-refractivity contribution in [3.05, 3.63) is 33.9 Å². The molecule has 1 aromatic rings. The van der Waals surface area contributed by atoms with Crippen molar-refractivity contribution in [1.82, 2.24) is 0 Å². The van der Waals surface area contributed by atoms with Crippen LogP contribution < -0.4 is 4.90 Å². The molecule has 0 saturated heterocycles. The third-order valence-corrected chi connectivity index (χ3v) is 3.81. The highest BCUT2D eigenvalue weighted by molar-refractivity contribution is 7.90. The lowest BCUT2D eigenvalue weighted by atomic mass is 10.1. The molecule has 8 heteroatoms. The lowest BCUT2D eigenvalue weighted by molar-refractivity contribution is -0.384. The molecule has 0 saturated carbocycles. The van der Waals surface area contributed by atoms with Gasteiger partial charge in [0.15, 0.2) is 0 Å². The van der Waals surface area contributed by atoms with E-state index in [4.69, 9.17) is 0 Å². The second kappa shape index (κ2) is 6.19. The molecule has 0 aromatic heterocycles. The minimum absolute atomic E-state index is 0.0845. The van der Waals surface area contributed by atoms with Crippen LogP contribution in [0.25, 0.3) is 0 Å². The molecule has 1 rings (SSSR count). The smallest absolute Gasteiger partial charge is 0.292 e. The van der Waals surface area contributed by atoms with Crippen molar-refractivity contribution < 1.29 is 18.4 Å². The monoisotopic (exact) mass is 302 g/mol. The molecule has 0 aliphatic heterocycles. The molecule has 0 aliphatic rings. The molecule has 0 amide bonds. The number of aliphatic hydroxyl groups excluding tert-OH is 1. The Morgan fingerprint density at radius 3 is 2.50 bits per heavy atom. The Labute approximate surface area is 117 Å². The lowest BCUT2D eigenvalue weighted by Crippen LogP contribution is -2.25. The van der Waals surface area contributed by atoms with Crippen LogP contribution in [0.3, 0.4) is 0 Å². The molecular formula is C12H18N2O5S. The second-order valence-corrected chi connectivity index (χ2v) is 6.99. The van der Waals surface area contributed by atoms with E-state index < -0.39 is 20.9 Å². The predicted octanol–water partition coefficient (Wildman–Crippen LogP) is 1.13. The van der Waals surface area contributed by atoms with E-state index in [-0.39, 0.29) is 18.0 Å². The standard InChI is InChI=1S/C12H18N2O5S/c1-9(15)10-4-5-11(12(8-10)14(16)17)13(2)6-7-20(3,18)19/h4-5,8-9,15H,6-7H2,1-3H3/t9-/m0/s1. The molecule has 0 heterocycles. The normalized spacial score (nSPS) is 13.0. The van der Waals surface area contributed by atoms with E-state index in [9.17, 15) is 23.6 Å². The third-order valence-electron chi connectivity index (χ3n) is 2.89. The summed E-state index contributed by atoms with van der Waals surface area (Å²) in [5, 5.41) is 20.5. The number of nitro groups is 1. The fraction of sp³-hybridized carbons (Fsp3) is 0.500. The van der Waals surface area contributed by atoms with Crippen LogP contribution in [-0.4, -0.2) is 44.0 Å². The van der Waals surface area contributed by atoms with E-state index >= 15 is 0 Å². The van der Waals surface area contributed by atoms with Crippen LogP contribution in [-0.2, 0) is 9.84 Å². The van der Waals surface area contributed by atoms with Gasteiger partial charge in [0.05, 0.1) is 16.8 Å². The number of hydrogen-bond acceptors (Lipinski definition) is 6. The fourth-order valence-electron chi connectivity index (χ4n) is 1.69. The summed E-state index contributed by atoms with van der Waals surface area (Å²) < 4.78 is 22.3. The van der Waals surface area contributed by atoms with Crippen molar-refractivity contribution >= 4 is 21.2 Å². The van der Waals surface area contributed by atoms with E-state index in [1.807, 2.05) is 0 Å². The van der Waals surface area contributed by atoms with Gasteiger partial charge in [0, 0.05) is 25.9 Å². The first kappa shape index (κ1) is 16.4. The summed E-state index contributed by atoms with van der Waals surface area (Å²) in [4.78, 5) is 12.1. The van der Waals surface area contributed by atoms with Gasteiger partial charge in [-0.25, -0.2) is 8.42 Å². The SMILES string of the molecule is C[C@H](O)c1ccc(N(C)CCS(C)(=O)=O)c([N+](=O)[O-])c1. The molecule has 0 aliphatic carbocycles. The van der Waals surface area contributed by atoms with Gasteiger partial charge >= 0.3 is 0 Å². The van der Waals surface area contributed by atoms with Gasteiger partial charge in [0.1, 0.15) is 15.5 Å². The van der Waals surface area contributed by atoms with Gasteiger partial charge < -0.3 is 10.0 Å². The van der Waals surface area contributed by atoms with Crippen molar-refractivity contribution in [2.24, 2.45) is 0 Å². The van der Waals surface area contributed by atoms with Gasteiger partial charge in [-0.05, 0) is 18.6 Å². The first-order valence-electron chi connectivity index (χ1n) is 5.97. The predicted molar refractivity (Wildman–Crippen MR) is 76.7 cm³/mol. The van der Waals surface area contributed by atoms with Gasteiger partial charge in [-0.3, -0.25) is 10.1 Å². The zero-order valence-corrected chi connectivity index (χ0v) is 12.4. The molecule has 0 bridgehead atoms. The Hall–Kier alpha value is -1.67. The van der Waals surface area contributed by atoms with Crippen molar-refractivity contribution in [2.45, 2.75) is 13.0 Å². The maximum atomic E-state index is 11.1. The first-order chi connectivity index (χ1) is 9.11. The van der Waals surface area contributed by atoms with Crippen molar-refractivity contribution in [1.29, 1.82) is 0 Å². The Morgan fingerprint density at radius 1 is 1.45 bits per heavy atom. The van der Waals surface area contributed by atoms with Crippen LogP contribution in [0.4, 0.5) is 11.4 Å². The first-order valence-corrected chi connectivity index (χ1v) is 8.03. The number of rotatable bonds is 6. The molecule has 112 valence electrons. The Kier molecular flexibility index (Phi) is 5.07. The Bertz CT molecular complexity index is 598. The molecule has 1 atom stereocenters. The Balaban J connectivity index is 3.07. The number of benzene rings is 1. The van der Waals surface area contributed by atoms with Crippen molar-refractivity contribution in [3.63, 3.8) is 0 Å². The van der Waals surface area contributed by atoms with Gasteiger partial charge in [-0.2, -0.15) is 0 Å². The minimum Gasteiger partial charge on any atom is -0.389 e. The van der Waals surface area contributed by atoms with E-state index in [0.29, 0.717) is 11.3 Å². The molecule has 20 heavy (non-hydrogen) atoms. The molecule has 0 unspecified atom stereocenters. The number of anilines is 1. The van der Waals surface area contributed by atoms with Crippen molar-refractivity contribution in [2.75, 3.05) is 30.5 Å². The summed E-state index contributed by atoms with van der Waals surface area (Å²) in [6.45, 7) is 1.68. The van der Waals surface area contributed by atoms with E-state index in [1.54, 1.807) is 13.1 Å². The molecule has 7 nitrogen and oxygen atoms in total. The summed E-state index contributed by atoms with van der Waals surface area (Å²) in [5.74, 6) is -0.0845. The summed E-state index contributed by atoms with van der Waals surface area (Å²) in [7, 11) is -1.54. The molecular weight excluding hydrogens is 284 g/mol. The number of nitro benzene ring substituents is 1. The number of sulfone groups is 1. The van der Waals surface area contributed by atoms with Crippen LogP contribution in [0, 0.1) is 10.1 Å². The summed E-state index contributed by atoms with van der Waals surface area (Å²) in [6.07, 6.45) is 0.315. The van der Waals surface area contributed by atoms with Crippen LogP contribution in [0.1, 0.15) is 18.6 Å². The Morgan fingerprint density at radius 2 is 2.05 bits per heavy atom. The minimum atomic E-state index is -3.13. The topological polar surface area (TPSA) is 101 Å². The highest BCUT2D eigenvalue weighted by Gasteiger charge is 2.19. The lowest BCUT2D eigenvalue weighted by Gasteiger charge is -2.19. The zero-order valence-electron chi connectivity index (χ0n) is 11.6. The highest BCUT2D eigenvalue weighted by Crippen LogP contribution is 2.30. The van der Waals surface area contributed by atoms with Gasteiger partial charge in [0.2, 0.25) is 0 Å². The largest absolute Gasteiger partial charge is 0.389 e. The van der Waals surface area contributed by atoms with Crippen LogP contribution in [0.2, 0.25) is 0 Å². The maximum absolute atomic E-state index is 11.1. The molecule has 0 spiro atoms. The van der Waals surface area contributed by atoms with E-state index in [2.05, 4.69) is 0 Å². The summed E-state index contributed by atoms with van der Waals surface area (Å²) in [5.41, 5.74) is 0.611. The van der Waals surface area contributed by atoms with Gasteiger partial charge in [-0.1, -0.05) is 6.07 Å². The van der Waals surface area contributed by atoms with Crippen LogP contribution in [0.15, 0.2) is 18.2 Å². The van der Waals surface area contributed by atoms with Crippen LogP contribution in [0.5, 0.6) is 0 Å². The fourth-order valence-corrected chi connectivity index (χ4v) is 2.30. The molecule has 0 fully saturated rings. The average Bonchev–Trinajstić information content (AvgIpc) is 2.34. The molecule has 1 N–H and O–H groups in total.